The van der Waals surface area contributed by atoms with Crippen molar-refractivity contribution in [3.8, 4) is 0 Å². The van der Waals surface area contributed by atoms with Gasteiger partial charge in [-0.1, -0.05) is 19.9 Å². The summed E-state index contributed by atoms with van der Waals surface area (Å²) >= 11 is 0. The van der Waals surface area contributed by atoms with Crippen molar-refractivity contribution >= 4 is 23.2 Å². The quantitative estimate of drug-likeness (QED) is 0.710. The number of anilines is 2. The molecule has 0 atom stereocenters. The number of pyridine rings is 1. The summed E-state index contributed by atoms with van der Waals surface area (Å²) in [6.07, 6.45) is 4.48. The molecule has 26 heavy (non-hydrogen) atoms. The van der Waals surface area contributed by atoms with Crippen LogP contribution in [0.3, 0.4) is 0 Å². The molecule has 2 aromatic rings. The molecule has 0 aliphatic carbocycles. The number of nitrogens with one attached hydrogen (secondary N) is 2. The maximum absolute atomic E-state index is 12.7. The van der Waals surface area contributed by atoms with E-state index >= 15 is 0 Å². The second-order valence-corrected chi connectivity index (χ2v) is 6.37. The Balaban J connectivity index is 2.19. The van der Waals surface area contributed by atoms with Gasteiger partial charge in [0.1, 0.15) is 0 Å². The van der Waals surface area contributed by atoms with Gasteiger partial charge in [-0.25, -0.2) is 0 Å². The maximum Gasteiger partial charge on any atom is 0.255 e. The van der Waals surface area contributed by atoms with Crippen molar-refractivity contribution < 1.29 is 9.59 Å². The van der Waals surface area contributed by atoms with Crippen molar-refractivity contribution in [2.75, 3.05) is 17.2 Å². The zero-order chi connectivity index (χ0) is 19.2. The fraction of sp³-hybridized carbons (Fsp3) is 0.350. The summed E-state index contributed by atoms with van der Waals surface area (Å²) in [7, 11) is 0. The Morgan fingerprint density at radius 3 is 2.31 bits per heavy atom. The third-order valence-electron chi connectivity index (χ3n) is 4.91. The molecule has 0 unspecified atom stereocenters. The van der Waals surface area contributed by atoms with Crippen LogP contribution in [0.1, 0.15) is 42.6 Å². The number of rotatable bonds is 7. The molecule has 0 aliphatic heterocycles. The molecule has 1 aromatic heterocycles. The predicted molar refractivity (Wildman–Crippen MR) is 104 cm³/mol. The molecule has 0 aliphatic rings. The molecule has 0 bridgehead atoms. The SMILES string of the molecule is CCC(CC)(CN)C(=O)Nc1ccc(C)c(NC(=O)c2ccncc2)c1. The Morgan fingerprint density at radius 1 is 1.08 bits per heavy atom. The molecular formula is C20H26N4O2. The fourth-order valence-corrected chi connectivity index (χ4v) is 2.75. The van der Waals surface area contributed by atoms with E-state index in [0.717, 1.165) is 5.56 Å². The van der Waals surface area contributed by atoms with Crippen molar-refractivity contribution in [1.82, 2.24) is 4.98 Å². The van der Waals surface area contributed by atoms with Gasteiger partial charge in [0.15, 0.2) is 0 Å². The Kier molecular flexibility index (Phi) is 6.46. The van der Waals surface area contributed by atoms with Crippen LogP contribution in [0.15, 0.2) is 42.7 Å². The predicted octanol–water partition coefficient (Wildman–Crippen LogP) is 3.35. The molecule has 0 saturated carbocycles. The first-order chi connectivity index (χ1) is 12.5. The smallest absolute Gasteiger partial charge is 0.255 e. The molecule has 0 radical (unpaired) electrons. The standard InChI is InChI=1S/C20H26N4O2/c1-4-20(5-2,13-21)19(26)23-16-7-6-14(3)17(12-16)24-18(25)15-8-10-22-11-9-15/h6-12H,4-5,13,21H2,1-3H3,(H,23,26)(H,24,25). The Bertz CT molecular complexity index is 762. The molecule has 1 heterocycles. The van der Waals surface area contributed by atoms with Crippen molar-refractivity contribution in [2.45, 2.75) is 33.6 Å². The highest BCUT2D eigenvalue weighted by Gasteiger charge is 2.33. The van der Waals surface area contributed by atoms with Gasteiger partial charge >= 0.3 is 0 Å². The highest BCUT2D eigenvalue weighted by molar-refractivity contribution is 6.05. The van der Waals surface area contributed by atoms with Gasteiger partial charge < -0.3 is 16.4 Å². The highest BCUT2D eigenvalue weighted by atomic mass is 16.2. The van der Waals surface area contributed by atoms with E-state index in [4.69, 9.17) is 5.73 Å². The molecule has 6 nitrogen and oxygen atoms in total. The minimum absolute atomic E-state index is 0.0970. The Morgan fingerprint density at radius 2 is 1.73 bits per heavy atom. The minimum Gasteiger partial charge on any atom is -0.329 e. The van der Waals surface area contributed by atoms with E-state index in [2.05, 4.69) is 15.6 Å². The summed E-state index contributed by atoms with van der Waals surface area (Å²) in [6.45, 7) is 6.12. The van der Waals surface area contributed by atoms with Crippen LogP contribution < -0.4 is 16.4 Å². The minimum atomic E-state index is -0.578. The van der Waals surface area contributed by atoms with Crippen molar-refractivity contribution in [2.24, 2.45) is 11.1 Å². The molecule has 0 saturated heterocycles. The zero-order valence-electron chi connectivity index (χ0n) is 15.5. The number of carbonyl (C=O) groups excluding carboxylic acids is 2. The summed E-state index contributed by atoms with van der Waals surface area (Å²) in [5.74, 6) is -0.322. The van der Waals surface area contributed by atoms with Crippen molar-refractivity contribution in [1.29, 1.82) is 0 Å². The third-order valence-corrected chi connectivity index (χ3v) is 4.91. The summed E-state index contributed by atoms with van der Waals surface area (Å²) in [5.41, 5.74) is 7.97. The number of amides is 2. The monoisotopic (exact) mass is 354 g/mol. The lowest BCUT2D eigenvalue weighted by molar-refractivity contribution is -0.125. The van der Waals surface area contributed by atoms with Crippen molar-refractivity contribution in [3.63, 3.8) is 0 Å². The van der Waals surface area contributed by atoms with E-state index in [0.29, 0.717) is 36.3 Å². The number of aromatic nitrogens is 1. The number of hydrogen-bond donors (Lipinski definition) is 3. The molecule has 138 valence electrons. The normalized spacial score (nSPS) is 11.1. The van der Waals surface area contributed by atoms with E-state index in [1.165, 1.54) is 0 Å². The molecule has 0 spiro atoms. The van der Waals surface area contributed by atoms with E-state index in [9.17, 15) is 9.59 Å². The second-order valence-electron chi connectivity index (χ2n) is 6.37. The first kappa shape index (κ1) is 19.6. The number of hydrogen-bond acceptors (Lipinski definition) is 4. The van der Waals surface area contributed by atoms with Gasteiger partial charge in [-0.05, 0) is 49.6 Å². The summed E-state index contributed by atoms with van der Waals surface area (Å²) in [4.78, 5) is 28.9. The summed E-state index contributed by atoms with van der Waals surface area (Å²) < 4.78 is 0. The highest BCUT2D eigenvalue weighted by Crippen LogP contribution is 2.28. The van der Waals surface area contributed by atoms with Gasteiger partial charge in [-0.3, -0.25) is 14.6 Å². The number of nitrogens with two attached hydrogens (primary N) is 1. The van der Waals surface area contributed by atoms with E-state index in [1.54, 1.807) is 30.6 Å². The molecule has 1 aromatic carbocycles. The van der Waals surface area contributed by atoms with Gasteiger partial charge in [0, 0.05) is 35.9 Å². The molecule has 0 fully saturated rings. The van der Waals surface area contributed by atoms with Crippen LogP contribution in [0.2, 0.25) is 0 Å². The molecule has 4 N–H and O–H groups in total. The first-order valence-corrected chi connectivity index (χ1v) is 8.79. The van der Waals surface area contributed by atoms with Gasteiger partial charge in [-0.2, -0.15) is 0 Å². The zero-order valence-corrected chi connectivity index (χ0v) is 15.5. The van der Waals surface area contributed by atoms with Crippen LogP contribution in [0.25, 0.3) is 0 Å². The van der Waals surface area contributed by atoms with Gasteiger partial charge in [0.05, 0.1) is 5.41 Å². The van der Waals surface area contributed by atoms with E-state index in [1.807, 2.05) is 32.9 Å². The van der Waals surface area contributed by atoms with Crippen LogP contribution in [0.5, 0.6) is 0 Å². The Hall–Kier alpha value is -2.73. The van der Waals surface area contributed by atoms with Gasteiger partial charge in [0.2, 0.25) is 5.91 Å². The van der Waals surface area contributed by atoms with Crippen LogP contribution in [-0.4, -0.2) is 23.3 Å². The van der Waals surface area contributed by atoms with Crippen LogP contribution >= 0.6 is 0 Å². The average molecular weight is 354 g/mol. The lowest BCUT2D eigenvalue weighted by Gasteiger charge is -2.28. The molecule has 2 amide bonds. The largest absolute Gasteiger partial charge is 0.329 e. The lowest BCUT2D eigenvalue weighted by atomic mass is 9.81. The second kappa shape index (κ2) is 8.58. The number of nitrogens with zero attached hydrogens (tertiary/aromatic N) is 1. The number of aryl methyl sites for hydroxylation is 1. The fourth-order valence-electron chi connectivity index (χ4n) is 2.75. The average Bonchev–Trinajstić information content (AvgIpc) is 2.67. The topological polar surface area (TPSA) is 97.1 Å². The molecular weight excluding hydrogens is 328 g/mol. The van der Waals surface area contributed by atoms with Gasteiger partial charge in [0.25, 0.3) is 5.91 Å². The van der Waals surface area contributed by atoms with Crippen LogP contribution in [-0.2, 0) is 4.79 Å². The summed E-state index contributed by atoms with van der Waals surface area (Å²) in [5, 5.41) is 5.81. The first-order valence-electron chi connectivity index (χ1n) is 8.79. The molecule has 2 rings (SSSR count). The van der Waals surface area contributed by atoms with Crippen LogP contribution in [0, 0.1) is 12.3 Å². The number of benzene rings is 1. The molecule has 6 heteroatoms. The Labute approximate surface area is 154 Å². The van der Waals surface area contributed by atoms with Gasteiger partial charge in [-0.15, -0.1) is 0 Å². The number of carbonyl (C=O) groups is 2. The third kappa shape index (κ3) is 4.26. The van der Waals surface area contributed by atoms with Crippen LogP contribution in [0.4, 0.5) is 11.4 Å². The van der Waals surface area contributed by atoms with E-state index < -0.39 is 5.41 Å². The summed E-state index contributed by atoms with van der Waals surface area (Å²) in [6, 6.07) is 8.74. The maximum atomic E-state index is 12.7. The lowest BCUT2D eigenvalue weighted by Crippen LogP contribution is -2.41. The van der Waals surface area contributed by atoms with E-state index in [-0.39, 0.29) is 11.8 Å². The van der Waals surface area contributed by atoms with Crippen molar-refractivity contribution in [3.05, 3.63) is 53.9 Å².